The molecule has 0 radical (unpaired) electrons. The smallest absolute Gasteiger partial charge is 0.410 e. The second kappa shape index (κ2) is 7.85. The van der Waals surface area contributed by atoms with Gasteiger partial charge in [-0.2, -0.15) is 0 Å². The first-order valence-corrected chi connectivity index (χ1v) is 7.14. The van der Waals surface area contributed by atoms with Gasteiger partial charge in [0.2, 0.25) is 6.29 Å². The van der Waals surface area contributed by atoms with Gasteiger partial charge in [-0.1, -0.05) is 6.42 Å². The fraction of sp³-hybridized carbons (Fsp3) is 0.786. The molecule has 0 aromatic rings. The molecule has 1 aliphatic rings. The molecule has 1 amide bonds. The fourth-order valence-electron chi connectivity index (χ4n) is 2.50. The molecular formula is C14H23NO6. The zero-order valence-electron chi connectivity index (χ0n) is 12.8. The van der Waals surface area contributed by atoms with Crippen LogP contribution in [0.3, 0.4) is 0 Å². The van der Waals surface area contributed by atoms with Gasteiger partial charge >= 0.3 is 18.0 Å². The summed E-state index contributed by atoms with van der Waals surface area (Å²) in [5.41, 5.74) is -0.659. The Bertz CT molecular complexity index is 389. The minimum atomic E-state index is -0.960. The molecule has 1 aliphatic carbocycles. The number of amides is 1. The van der Waals surface area contributed by atoms with Crippen molar-refractivity contribution in [3.05, 3.63) is 0 Å². The van der Waals surface area contributed by atoms with Crippen molar-refractivity contribution in [2.75, 3.05) is 6.54 Å². The van der Waals surface area contributed by atoms with E-state index in [0.29, 0.717) is 12.8 Å². The second-order valence-corrected chi connectivity index (χ2v) is 5.27. The Morgan fingerprint density at radius 2 is 1.67 bits per heavy atom. The number of ether oxygens (including phenoxy) is 3. The number of esters is 2. The van der Waals surface area contributed by atoms with Gasteiger partial charge in [0.1, 0.15) is 5.60 Å². The quantitative estimate of drug-likeness (QED) is 0.616. The normalized spacial score (nSPS) is 18.2. The minimum Gasteiger partial charge on any atom is -0.457 e. The van der Waals surface area contributed by atoms with E-state index >= 15 is 0 Å². The first-order chi connectivity index (χ1) is 9.83. The summed E-state index contributed by atoms with van der Waals surface area (Å²) in [6, 6.07) is 0. The van der Waals surface area contributed by atoms with Crippen molar-refractivity contribution in [3.8, 4) is 0 Å². The molecule has 1 unspecified atom stereocenters. The molecule has 21 heavy (non-hydrogen) atoms. The molecule has 7 heteroatoms. The topological polar surface area (TPSA) is 90.9 Å². The van der Waals surface area contributed by atoms with Crippen LogP contribution in [0.5, 0.6) is 0 Å². The molecule has 0 saturated heterocycles. The van der Waals surface area contributed by atoms with Gasteiger partial charge in [-0.25, -0.2) is 4.79 Å². The van der Waals surface area contributed by atoms with Crippen molar-refractivity contribution in [1.82, 2.24) is 5.32 Å². The van der Waals surface area contributed by atoms with Gasteiger partial charge in [0.05, 0.1) is 6.54 Å². The van der Waals surface area contributed by atoms with Gasteiger partial charge < -0.3 is 19.5 Å². The van der Waals surface area contributed by atoms with Crippen LogP contribution in [0.4, 0.5) is 4.79 Å². The molecule has 0 heterocycles. The van der Waals surface area contributed by atoms with E-state index in [9.17, 15) is 14.4 Å². The molecule has 7 nitrogen and oxygen atoms in total. The van der Waals surface area contributed by atoms with Crippen LogP contribution in [-0.2, 0) is 23.8 Å². The summed E-state index contributed by atoms with van der Waals surface area (Å²) in [4.78, 5) is 33.6. The molecule has 0 aromatic carbocycles. The van der Waals surface area contributed by atoms with Gasteiger partial charge in [0.25, 0.3) is 0 Å². The van der Waals surface area contributed by atoms with Crippen molar-refractivity contribution in [2.45, 2.75) is 64.8 Å². The number of hydrogen-bond acceptors (Lipinski definition) is 6. The van der Waals surface area contributed by atoms with Crippen LogP contribution in [0, 0.1) is 0 Å². The molecule has 1 atom stereocenters. The van der Waals surface area contributed by atoms with Gasteiger partial charge in [-0.05, 0) is 25.7 Å². The number of hydrogen-bond donors (Lipinski definition) is 1. The van der Waals surface area contributed by atoms with Gasteiger partial charge in [-0.3, -0.25) is 9.59 Å². The van der Waals surface area contributed by atoms with Crippen LogP contribution in [0.1, 0.15) is 52.9 Å². The summed E-state index contributed by atoms with van der Waals surface area (Å²) in [6.45, 7) is 4.23. The summed E-state index contributed by atoms with van der Waals surface area (Å²) in [6.07, 6.45) is 2.76. The minimum absolute atomic E-state index is 0.193. The Morgan fingerprint density at radius 1 is 1.05 bits per heavy atom. The largest absolute Gasteiger partial charge is 0.457 e. The molecule has 1 rings (SSSR count). The summed E-state index contributed by atoms with van der Waals surface area (Å²) < 4.78 is 15.0. The van der Waals surface area contributed by atoms with Crippen LogP contribution in [0.25, 0.3) is 0 Å². The highest BCUT2D eigenvalue weighted by Crippen LogP contribution is 2.31. The highest BCUT2D eigenvalue weighted by molar-refractivity contribution is 5.69. The maximum Gasteiger partial charge on any atom is 0.410 e. The zero-order valence-corrected chi connectivity index (χ0v) is 12.8. The zero-order chi connectivity index (χ0) is 15.9. The molecule has 0 aliphatic heterocycles. The molecule has 0 bridgehead atoms. The van der Waals surface area contributed by atoms with Crippen molar-refractivity contribution in [2.24, 2.45) is 0 Å². The lowest BCUT2D eigenvalue weighted by atomic mass is 9.84. The average Bonchev–Trinajstić information content (AvgIpc) is 2.35. The van der Waals surface area contributed by atoms with Crippen molar-refractivity contribution < 1.29 is 28.6 Å². The molecule has 0 spiro atoms. The van der Waals surface area contributed by atoms with E-state index in [1.54, 1.807) is 0 Å². The molecule has 1 saturated carbocycles. The van der Waals surface area contributed by atoms with E-state index < -0.39 is 24.0 Å². The lowest BCUT2D eigenvalue weighted by molar-refractivity contribution is -0.164. The number of rotatable bonds is 5. The summed E-state index contributed by atoms with van der Waals surface area (Å²) in [5, 5.41) is 2.57. The third-order valence-corrected chi connectivity index (χ3v) is 3.28. The molecule has 1 N–H and O–H groups in total. The molecule has 0 aromatic heterocycles. The standard InChI is InChI=1S/C14H23NO6/c1-10(16)19-12(3)20-13(18)15-9-14(21-11(2)17)7-5-4-6-8-14/h12H,4-9H2,1-3H3,(H,15,18). The molecular weight excluding hydrogens is 278 g/mol. The maximum atomic E-state index is 11.6. The van der Waals surface area contributed by atoms with Crippen LogP contribution in [-0.4, -0.2) is 36.5 Å². The van der Waals surface area contributed by atoms with Crippen LogP contribution in [0.2, 0.25) is 0 Å². The lowest BCUT2D eigenvalue weighted by Crippen LogP contribution is -2.47. The molecule has 120 valence electrons. The fourth-order valence-corrected chi connectivity index (χ4v) is 2.50. The highest BCUT2D eigenvalue weighted by atomic mass is 16.7. The first kappa shape index (κ1) is 17.3. The van der Waals surface area contributed by atoms with E-state index in [2.05, 4.69) is 5.32 Å². The Morgan fingerprint density at radius 3 is 2.19 bits per heavy atom. The lowest BCUT2D eigenvalue weighted by Gasteiger charge is -2.36. The summed E-state index contributed by atoms with van der Waals surface area (Å²) in [5.74, 6) is -0.890. The Labute approximate surface area is 124 Å². The SMILES string of the molecule is CC(=O)OC(C)OC(=O)NCC1(OC(C)=O)CCCCC1. The Kier molecular flexibility index (Phi) is 6.45. The van der Waals surface area contributed by atoms with E-state index in [1.165, 1.54) is 20.8 Å². The van der Waals surface area contributed by atoms with Crippen LogP contribution >= 0.6 is 0 Å². The van der Waals surface area contributed by atoms with E-state index in [1.807, 2.05) is 0 Å². The molecule has 1 fully saturated rings. The van der Waals surface area contributed by atoms with Crippen molar-refractivity contribution >= 4 is 18.0 Å². The van der Waals surface area contributed by atoms with E-state index in [4.69, 9.17) is 14.2 Å². The first-order valence-electron chi connectivity index (χ1n) is 7.14. The average molecular weight is 301 g/mol. The predicted octanol–water partition coefficient (Wildman–Crippen LogP) is 1.89. The number of alkyl carbamates (subject to hydrolysis) is 1. The third kappa shape index (κ3) is 6.46. The Balaban J connectivity index is 2.47. The highest BCUT2D eigenvalue weighted by Gasteiger charge is 2.35. The van der Waals surface area contributed by atoms with Gasteiger partial charge in [0.15, 0.2) is 0 Å². The summed E-state index contributed by atoms with van der Waals surface area (Å²) >= 11 is 0. The summed E-state index contributed by atoms with van der Waals surface area (Å²) in [7, 11) is 0. The number of nitrogens with one attached hydrogen (secondary N) is 1. The third-order valence-electron chi connectivity index (χ3n) is 3.28. The van der Waals surface area contributed by atoms with Crippen molar-refractivity contribution in [1.29, 1.82) is 0 Å². The maximum absolute atomic E-state index is 11.6. The van der Waals surface area contributed by atoms with E-state index in [-0.39, 0.29) is 12.5 Å². The van der Waals surface area contributed by atoms with Crippen molar-refractivity contribution in [3.63, 3.8) is 0 Å². The number of carbonyl (C=O) groups is 3. The second-order valence-electron chi connectivity index (χ2n) is 5.27. The van der Waals surface area contributed by atoms with Gasteiger partial charge in [-0.15, -0.1) is 0 Å². The predicted molar refractivity (Wildman–Crippen MR) is 73.3 cm³/mol. The van der Waals surface area contributed by atoms with Gasteiger partial charge in [0, 0.05) is 20.8 Å². The monoisotopic (exact) mass is 301 g/mol. The Hall–Kier alpha value is -1.79. The van der Waals surface area contributed by atoms with E-state index in [0.717, 1.165) is 19.3 Å². The number of carbonyl (C=O) groups excluding carboxylic acids is 3. The van der Waals surface area contributed by atoms with Crippen LogP contribution in [0.15, 0.2) is 0 Å². The van der Waals surface area contributed by atoms with Crippen LogP contribution < -0.4 is 5.32 Å².